The summed E-state index contributed by atoms with van der Waals surface area (Å²) in [7, 11) is 1.81. The second-order valence-electron chi connectivity index (χ2n) is 7.09. The molecule has 0 saturated heterocycles. The van der Waals surface area contributed by atoms with Crippen LogP contribution in [-0.4, -0.2) is 48.0 Å². The highest BCUT2D eigenvalue weighted by atomic mass is 32.2. The lowest BCUT2D eigenvalue weighted by Crippen LogP contribution is -2.13. The van der Waals surface area contributed by atoms with Gasteiger partial charge in [-0.3, -0.25) is 20.3 Å². The van der Waals surface area contributed by atoms with Gasteiger partial charge in [-0.2, -0.15) is 5.10 Å². The molecule has 190 valence electrons. The molecule has 0 heterocycles. The van der Waals surface area contributed by atoms with Gasteiger partial charge in [0.15, 0.2) is 0 Å². The summed E-state index contributed by atoms with van der Waals surface area (Å²) in [6, 6.07) is 12.9. The number of rotatable bonds is 11. The highest BCUT2D eigenvalue weighted by Gasteiger charge is 2.22. The average molecular weight is 517 g/mol. The van der Waals surface area contributed by atoms with Crippen molar-refractivity contribution in [2.75, 3.05) is 38.6 Å². The zero-order chi connectivity index (χ0) is 26.3. The number of hydrogen-bond donors (Lipinski definition) is 2. The molecule has 0 spiro atoms. The maximum absolute atomic E-state index is 12.8. The second-order valence-corrected chi connectivity index (χ2v) is 8.77. The predicted octanol–water partition coefficient (Wildman–Crippen LogP) is 3.88. The molecule has 36 heavy (non-hydrogen) atoms. The maximum Gasteiger partial charge on any atom is 0.295 e. The molecule has 0 unspecified atom stereocenters. The molecule has 3 rings (SSSR count). The van der Waals surface area contributed by atoms with Gasteiger partial charge in [0.05, 0.1) is 50.0 Å². The molecule has 3 aromatic rings. The predicted molar refractivity (Wildman–Crippen MR) is 134 cm³/mol. The zero-order valence-corrected chi connectivity index (χ0v) is 20.7. The number of ether oxygens (including phenoxy) is 4. The van der Waals surface area contributed by atoms with Crippen LogP contribution in [-0.2, 0) is 10.0 Å². The number of methoxy groups -OCH3 is 4. The monoisotopic (exact) mass is 516 g/mol. The smallest absolute Gasteiger partial charge is 0.295 e. The second kappa shape index (κ2) is 11.3. The molecule has 13 heteroatoms. The molecule has 0 aliphatic heterocycles. The van der Waals surface area contributed by atoms with E-state index in [-0.39, 0.29) is 16.3 Å². The van der Waals surface area contributed by atoms with Crippen molar-refractivity contribution in [3.63, 3.8) is 0 Å². The summed E-state index contributed by atoms with van der Waals surface area (Å²) in [6.45, 7) is 0. The lowest BCUT2D eigenvalue weighted by Gasteiger charge is -2.12. The zero-order valence-electron chi connectivity index (χ0n) is 19.8. The molecular formula is C23H24N4O8S. The van der Waals surface area contributed by atoms with E-state index in [4.69, 9.17) is 18.9 Å². The molecule has 0 radical (unpaired) electrons. The lowest BCUT2D eigenvalue weighted by molar-refractivity contribution is -0.384. The Morgan fingerprint density at radius 1 is 0.861 bits per heavy atom. The van der Waals surface area contributed by atoms with Crippen molar-refractivity contribution in [1.82, 2.24) is 0 Å². The number of sulfonamides is 1. The van der Waals surface area contributed by atoms with Crippen LogP contribution in [0.4, 0.5) is 17.1 Å². The van der Waals surface area contributed by atoms with Crippen LogP contribution in [0.25, 0.3) is 0 Å². The van der Waals surface area contributed by atoms with E-state index < -0.39 is 20.6 Å². The Labute approximate surface area is 207 Å². The third-order valence-corrected chi connectivity index (χ3v) is 6.33. The van der Waals surface area contributed by atoms with Crippen LogP contribution >= 0.6 is 0 Å². The van der Waals surface area contributed by atoms with E-state index in [1.807, 2.05) is 0 Å². The Balaban J connectivity index is 1.87. The van der Waals surface area contributed by atoms with Crippen molar-refractivity contribution in [2.24, 2.45) is 5.10 Å². The van der Waals surface area contributed by atoms with E-state index >= 15 is 0 Å². The van der Waals surface area contributed by atoms with Gasteiger partial charge in [0.1, 0.15) is 28.7 Å². The normalized spacial score (nSPS) is 11.1. The number of nitro groups is 1. The number of nitro benzene ring substituents is 1. The van der Waals surface area contributed by atoms with Gasteiger partial charge in [-0.05, 0) is 36.4 Å². The number of nitrogens with zero attached hydrogens (tertiary/aromatic N) is 2. The molecule has 2 N–H and O–H groups in total. The van der Waals surface area contributed by atoms with E-state index in [0.29, 0.717) is 28.6 Å². The number of hydrogen-bond acceptors (Lipinski definition) is 10. The van der Waals surface area contributed by atoms with Gasteiger partial charge in [-0.25, -0.2) is 8.42 Å². The number of anilines is 2. The van der Waals surface area contributed by atoms with Crippen LogP contribution in [0.3, 0.4) is 0 Å². The van der Waals surface area contributed by atoms with Crippen LogP contribution in [0.2, 0.25) is 0 Å². The van der Waals surface area contributed by atoms with Gasteiger partial charge in [0.25, 0.3) is 15.7 Å². The van der Waals surface area contributed by atoms with Gasteiger partial charge in [0, 0.05) is 23.9 Å². The summed E-state index contributed by atoms with van der Waals surface area (Å²) in [5, 5.41) is 15.7. The number of nitrogens with one attached hydrogen (secondary N) is 2. The summed E-state index contributed by atoms with van der Waals surface area (Å²) < 4.78 is 48.9. The van der Waals surface area contributed by atoms with E-state index in [0.717, 1.165) is 6.07 Å². The molecule has 0 atom stereocenters. The Morgan fingerprint density at radius 2 is 1.47 bits per heavy atom. The molecule has 0 aromatic heterocycles. The van der Waals surface area contributed by atoms with Crippen LogP contribution < -0.4 is 29.1 Å². The molecule has 0 saturated carbocycles. The van der Waals surface area contributed by atoms with Crippen LogP contribution in [0.15, 0.2) is 64.6 Å². The fourth-order valence-electron chi connectivity index (χ4n) is 3.12. The summed E-state index contributed by atoms with van der Waals surface area (Å²) >= 11 is 0. The topological polar surface area (TPSA) is 151 Å². The summed E-state index contributed by atoms with van der Waals surface area (Å²) in [6.07, 6.45) is 1.36. The summed E-state index contributed by atoms with van der Waals surface area (Å²) in [5.41, 5.74) is 2.79. The van der Waals surface area contributed by atoms with Crippen molar-refractivity contribution in [2.45, 2.75) is 4.90 Å². The highest BCUT2D eigenvalue weighted by Crippen LogP contribution is 2.33. The third-order valence-electron chi connectivity index (χ3n) is 4.95. The van der Waals surface area contributed by atoms with E-state index in [2.05, 4.69) is 15.2 Å². The van der Waals surface area contributed by atoms with Gasteiger partial charge in [-0.15, -0.1) is 0 Å². The first kappa shape index (κ1) is 26.1. The first-order chi connectivity index (χ1) is 17.2. The number of benzene rings is 3. The van der Waals surface area contributed by atoms with Gasteiger partial charge in [-0.1, -0.05) is 0 Å². The first-order valence-electron chi connectivity index (χ1n) is 10.3. The molecule has 0 amide bonds. The molecule has 0 aliphatic carbocycles. The van der Waals surface area contributed by atoms with Crippen LogP contribution in [0, 0.1) is 10.1 Å². The van der Waals surface area contributed by atoms with Crippen molar-refractivity contribution in [3.05, 3.63) is 70.3 Å². The van der Waals surface area contributed by atoms with Crippen LogP contribution in [0.1, 0.15) is 5.56 Å². The van der Waals surface area contributed by atoms with E-state index in [9.17, 15) is 18.5 Å². The SMILES string of the molecule is COc1ccc(NS(=O)(=O)c2ccc(N/N=C\c3c(OC)cc(OC)cc3OC)c([N+](=O)[O-])c2)cc1. The van der Waals surface area contributed by atoms with Gasteiger partial charge >= 0.3 is 0 Å². The van der Waals surface area contributed by atoms with Crippen LogP contribution in [0.5, 0.6) is 23.0 Å². The number of hydrazone groups is 1. The third kappa shape index (κ3) is 5.93. The minimum atomic E-state index is -4.10. The van der Waals surface area contributed by atoms with E-state index in [1.54, 1.807) is 24.3 Å². The molecule has 0 aliphatic rings. The molecule has 0 fully saturated rings. The maximum atomic E-state index is 12.8. The molecular weight excluding hydrogens is 492 g/mol. The Bertz CT molecular complexity index is 1350. The quantitative estimate of drug-likeness (QED) is 0.220. The van der Waals surface area contributed by atoms with Crippen molar-refractivity contribution >= 4 is 33.3 Å². The largest absolute Gasteiger partial charge is 0.497 e. The van der Waals surface area contributed by atoms with Crippen molar-refractivity contribution in [1.29, 1.82) is 0 Å². The Morgan fingerprint density at radius 3 is 2.00 bits per heavy atom. The summed E-state index contributed by atoms with van der Waals surface area (Å²) in [5.74, 6) is 1.86. The Hall–Kier alpha value is -4.52. The average Bonchev–Trinajstić information content (AvgIpc) is 2.88. The first-order valence-corrected chi connectivity index (χ1v) is 11.7. The fraction of sp³-hybridized carbons (Fsp3) is 0.174. The van der Waals surface area contributed by atoms with Crippen molar-refractivity contribution < 1.29 is 32.3 Å². The molecule has 12 nitrogen and oxygen atoms in total. The molecule has 0 bridgehead atoms. The van der Waals surface area contributed by atoms with Gasteiger partial charge in [0.2, 0.25) is 0 Å². The van der Waals surface area contributed by atoms with E-state index in [1.165, 1.54) is 58.9 Å². The fourth-order valence-corrected chi connectivity index (χ4v) is 4.20. The minimum absolute atomic E-state index is 0.0221. The van der Waals surface area contributed by atoms with Gasteiger partial charge < -0.3 is 18.9 Å². The highest BCUT2D eigenvalue weighted by molar-refractivity contribution is 7.92. The Kier molecular flexibility index (Phi) is 8.17. The standard InChI is InChI=1S/C23H24N4O8S/c1-32-16-7-5-15(6-8-16)26-36(30,31)18-9-10-20(21(13-18)27(28)29)25-24-14-19-22(34-3)11-17(33-2)12-23(19)35-4/h5-14,25-26H,1-4H3/b24-14-. The van der Waals surface area contributed by atoms with Crippen molar-refractivity contribution in [3.8, 4) is 23.0 Å². The lowest BCUT2D eigenvalue weighted by atomic mass is 10.2. The minimum Gasteiger partial charge on any atom is -0.497 e. The molecule has 3 aromatic carbocycles. The summed E-state index contributed by atoms with van der Waals surface area (Å²) in [4.78, 5) is 10.7.